The predicted molar refractivity (Wildman–Crippen MR) is 247 cm³/mol. The van der Waals surface area contributed by atoms with E-state index in [1.165, 1.54) is 25.1 Å². The topological polar surface area (TPSA) is 271 Å². The Kier molecular flexibility index (Phi) is 16.5. The molecule has 0 bridgehead atoms. The Labute approximate surface area is 409 Å². The first-order valence-electron chi connectivity index (χ1n) is 22.5. The van der Waals surface area contributed by atoms with Crippen LogP contribution in [0.25, 0.3) is 4.85 Å². The molecule has 4 amide bonds. The highest BCUT2D eigenvalue weighted by atomic mass is 79.9. The fourth-order valence-corrected chi connectivity index (χ4v) is 7.09. The molecule has 2 heterocycles. The van der Waals surface area contributed by atoms with E-state index in [9.17, 15) is 34.0 Å². The van der Waals surface area contributed by atoms with Gasteiger partial charge < -0.3 is 29.5 Å². The van der Waals surface area contributed by atoms with Gasteiger partial charge in [-0.15, -0.1) is 5.10 Å². The van der Waals surface area contributed by atoms with E-state index in [0.29, 0.717) is 34.9 Å². The molecule has 2 aromatic carbocycles. The third-order valence-corrected chi connectivity index (χ3v) is 9.29. The zero-order chi connectivity index (χ0) is 55.8. The van der Waals surface area contributed by atoms with Gasteiger partial charge in [0.1, 0.15) is 12.6 Å². The molecule has 0 saturated heterocycles. The lowest BCUT2D eigenvalue weighted by atomic mass is 9.97. The summed E-state index contributed by atoms with van der Waals surface area (Å²) in [6.07, 6.45) is -0.465. The third-order valence-electron chi connectivity index (χ3n) is 6.94. The van der Waals surface area contributed by atoms with Gasteiger partial charge in [-0.2, -0.15) is 5.26 Å². The average molecular weight is 1140 g/mol. The van der Waals surface area contributed by atoms with E-state index >= 15 is 0 Å². The van der Waals surface area contributed by atoms with Crippen molar-refractivity contribution in [1.82, 2.24) is 20.8 Å². The van der Waals surface area contributed by atoms with Crippen LogP contribution in [0.1, 0.15) is 72.1 Å². The minimum absolute atomic E-state index is 0.0624. The molecule has 19 nitrogen and oxygen atoms in total. The average Bonchev–Trinajstić information content (AvgIpc) is 3.25. The van der Waals surface area contributed by atoms with E-state index in [2.05, 4.69) is 93.1 Å². The molecule has 3 aromatic rings. The number of carbonyl (C=O) groups is 5. The number of aromatic nitrogens is 2. The fraction of sp³-hybridized carbons (Fsp3) is 0.325. The number of nitrogens with two attached hydrogens (primary N) is 1. The molecule has 1 aliphatic heterocycles. The van der Waals surface area contributed by atoms with Crippen molar-refractivity contribution in [1.29, 1.82) is 5.26 Å². The number of aromatic amines is 1. The summed E-state index contributed by atoms with van der Waals surface area (Å²) < 4.78 is 97.9. The number of ketones is 1. The van der Waals surface area contributed by atoms with Crippen LogP contribution >= 0.6 is 63.7 Å². The molecule has 0 saturated carbocycles. The number of carbonyl (C=O) groups excluding carboxylic acids is 5. The molecule has 23 heteroatoms. The predicted octanol–water partition coefficient (Wildman–Crippen LogP) is 7.86. The molecular formula is C40H41Br4N9O10. The number of anilines is 1. The molecule has 1 atom stereocenters. The second-order valence-corrected chi connectivity index (χ2v) is 15.1. The normalized spacial score (nSPS) is 15.2. The quantitative estimate of drug-likeness (QED) is 0.0810. The number of imide groups is 2. The number of nitrogens with zero attached hydrogens (tertiary/aromatic N) is 5. The molecule has 0 radical (unpaired) electrons. The highest BCUT2D eigenvalue weighted by molar-refractivity contribution is 9.11. The number of rotatable bonds is 11. The third kappa shape index (κ3) is 17.9. The van der Waals surface area contributed by atoms with Crippen molar-refractivity contribution in [2.45, 2.75) is 53.8 Å². The molecule has 0 spiro atoms. The SMILES string of the molecule is [2H]C([2H])([2H])C(C)C1=CC(Oc2c(Br)cc(CN=C(C#N)C(=O)NC(=O)OCC)cc2Br)=NCC1=O.[2H]c1c(Oc2c(Br)cc(N)cc2Br)n[nH]c(=O)c1C(C([2H])([2H])[2H])C([2H])([2H])[2H].[C-]#[N+]CC(=O)NC(=O)OCC. The lowest BCUT2D eigenvalue weighted by Gasteiger charge is -2.17. The molecule has 1 aromatic heterocycles. The minimum atomic E-state index is -3.05. The van der Waals surface area contributed by atoms with Crippen LogP contribution in [0.5, 0.6) is 17.4 Å². The van der Waals surface area contributed by atoms with Gasteiger partial charge in [0.15, 0.2) is 17.3 Å². The minimum Gasteiger partial charge on any atom is -0.450 e. The van der Waals surface area contributed by atoms with E-state index < -0.39 is 85.1 Å². The molecule has 4 rings (SSSR count). The van der Waals surface area contributed by atoms with Crippen molar-refractivity contribution in [2.75, 3.05) is 32.0 Å². The van der Waals surface area contributed by atoms with Crippen LogP contribution in [0.15, 0.2) is 74.6 Å². The Bertz CT molecular complexity index is 2770. The van der Waals surface area contributed by atoms with Gasteiger partial charge in [-0.25, -0.2) is 26.3 Å². The van der Waals surface area contributed by atoms with Gasteiger partial charge in [-0.3, -0.25) is 34.8 Å². The van der Waals surface area contributed by atoms with Gasteiger partial charge in [0.05, 0.1) is 39.0 Å². The Morgan fingerprint density at radius 2 is 1.56 bits per heavy atom. The molecule has 1 aliphatic rings. The van der Waals surface area contributed by atoms with E-state index in [1.54, 1.807) is 32.0 Å². The number of nitriles is 1. The first kappa shape index (κ1) is 38.9. The second-order valence-electron chi connectivity index (χ2n) is 11.7. The molecule has 334 valence electrons. The number of amides is 4. The number of dihydropyridines is 1. The molecule has 5 N–H and O–H groups in total. The van der Waals surface area contributed by atoms with E-state index in [1.807, 2.05) is 15.7 Å². The van der Waals surface area contributed by atoms with Gasteiger partial charge in [-0.05, 0) is 119 Å². The highest BCUT2D eigenvalue weighted by Crippen LogP contribution is 2.38. The molecule has 0 aliphatic carbocycles. The monoisotopic (exact) mass is 1130 g/mol. The fourth-order valence-electron chi connectivity index (χ4n) is 4.26. The number of Topliss-reactive ketones (excluding diaryl/α,β-unsaturated/α-hetero) is 1. The largest absolute Gasteiger partial charge is 0.450 e. The number of alkyl carbamates (subject to hydrolysis) is 2. The number of nitrogen functional groups attached to an aromatic ring is 1. The van der Waals surface area contributed by atoms with Gasteiger partial charge in [0.2, 0.25) is 17.5 Å². The summed E-state index contributed by atoms with van der Waals surface area (Å²) in [7, 11) is 0. The zero-order valence-electron chi connectivity index (χ0n) is 43.0. The lowest BCUT2D eigenvalue weighted by Crippen LogP contribution is -2.36. The summed E-state index contributed by atoms with van der Waals surface area (Å²) >= 11 is 13.2. The first-order valence-corrected chi connectivity index (χ1v) is 20.7. The Morgan fingerprint density at radius 3 is 2.11 bits per heavy atom. The summed E-state index contributed by atoms with van der Waals surface area (Å²) in [5.74, 6) is -5.09. The van der Waals surface area contributed by atoms with Crippen LogP contribution in [-0.4, -0.2) is 77.9 Å². The number of hydrogen-bond donors (Lipinski definition) is 4. The number of H-pyrrole nitrogens is 1. The van der Waals surface area contributed by atoms with E-state index in [-0.39, 0.29) is 55.9 Å². The smallest absolute Gasteiger partial charge is 0.414 e. The number of halogens is 4. The highest BCUT2D eigenvalue weighted by Gasteiger charge is 2.21. The molecule has 0 fully saturated rings. The van der Waals surface area contributed by atoms with Gasteiger partial charge in [-0.1, -0.05) is 27.5 Å². The number of nitrogens with one attached hydrogen (secondary N) is 3. The van der Waals surface area contributed by atoms with Crippen LogP contribution in [0, 0.1) is 23.8 Å². The van der Waals surface area contributed by atoms with Crippen molar-refractivity contribution in [2.24, 2.45) is 15.9 Å². The van der Waals surface area contributed by atoms with Gasteiger partial charge in [0, 0.05) is 41.3 Å². The van der Waals surface area contributed by atoms with E-state index in [0.717, 1.165) is 0 Å². The van der Waals surface area contributed by atoms with Gasteiger partial charge in [0.25, 0.3) is 18.0 Å². The van der Waals surface area contributed by atoms with Crippen molar-refractivity contribution < 1.29 is 56.6 Å². The molecule has 1 unspecified atom stereocenters. The summed E-state index contributed by atoms with van der Waals surface area (Å²) in [4.78, 5) is 79.4. The van der Waals surface area contributed by atoms with Gasteiger partial charge >= 0.3 is 18.1 Å². The first-order chi connectivity index (χ1) is 33.8. The Hall–Kier alpha value is -5.75. The Morgan fingerprint density at radius 1 is 0.984 bits per heavy atom. The molecular weight excluding hydrogens is 1090 g/mol. The van der Waals surface area contributed by atoms with Crippen LogP contribution in [0.2, 0.25) is 0 Å². The van der Waals surface area contributed by atoms with Crippen LogP contribution in [0.4, 0.5) is 15.3 Å². The van der Waals surface area contributed by atoms with Crippen LogP contribution < -0.4 is 31.4 Å². The zero-order valence-corrected chi connectivity index (χ0v) is 39.3. The molecule has 63 heavy (non-hydrogen) atoms. The maximum Gasteiger partial charge on any atom is 0.414 e. The summed E-state index contributed by atoms with van der Waals surface area (Å²) in [6.45, 7) is 2.12. The Balaban J connectivity index is 0.000000424. The van der Waals surface area contributed by atoms with Crippen molar-refractivity contribution >= 4 is 111 Å². The number of benzene rings is 2. The summed E-state index contributed by atoms with van der Waals surface area (Å²) in [6, 6.07) is 7.20. The standard InChI is InChI=1S/C21H20Br2N4O5.C13H13Br2N3O2.C6H8N2O3/c1-4-31-21(30)27-20(29)16(8-24)25-9-12-5-14(22)19(15(23)6-12)32-18-7-13(11(2)3)17(28)10-26-18;1-6(2)8-5-11(17-18-13(8)19)20-12-9(14)3-7(16)4-10(12)15;1-3-11-6(10)8-5(9)4-7-2/h5-7,11H,4,9-10H2,1-3H3,(H,27,29,30);3-6H,16H2,1-2H3,(H,18,19);3-4H2,1H3,(H,8,9,10)/i2D3;1D3,2D3,5D;. The van der Waals surface area contributed by atoms with Crippen molar-refractivity contribution in [3.8, 4) is 23.4 Å². The summed E-state index contributed by atoms with van der Waals surface area (Å²) in [5, 5.41) is 18.5. The lowest BCUT2D eigenvalue weighted by molar-refractivity contribution is -0.118. The van der Waals surface area contributed by atoms with E-state index in [4.69, 9.17) is 35.5 Å². The number of aliphatic imine (C=N–C) groups is 2. The second kappa shape index (κ2) is 26.7. The van der Waals surface area contributed by atoms with Crippen molar-refractivity contribution in [3.05, 3.63) is 92.7 Å². The maximum absolute atomic E-state index is 12.2. The maximum atomic E-state index is 12.2. The van der Waals surface area contributed by atoms with Crippen molar-refractivity contribution in [3.63, 3.8) is 0 Å². The van der Waals surface area contributed by atoms with Crippen LogP contribution in [-0.2, 0) is 30.4 Å². The number of ether oxygens (including phenoxy) is 4. The van der Waals surface area contributed by atoms with Crippen LogP contribution in [0.3, 0.4) is 0 Å². The summed E-state index contributed by atoms with van der Waals surface area (Å²) in [5.41, 5.74) is 4.46. The number of hydrogen-bond acceptors (Lipinski definition) is 15.